The summed E-state index contributed by atoms with van der Waals surface area (Å²) < 4.78 is 26.0. The Morgan fingerprint density at radius 1 is 1.12 bits per heavy atom. The Morgan fingerprint density at radius 3 is 2.64 bits per heavy atom. The van der Waals surface area contributed by atoms with E-state index in [2.05, 4.69) is 5.32 Å². The monoisotopic (exact) mass is 463 g/mol. The predicted molar refractivity (Wildman–Crippen MR) is 129 cm³/mol. The molecule has 1 aromatic heterocycles. The standard InChI is InChI=1S/C25H22FN3O3S/c1-15-12-17(26)10-11-19(15)29-25(30)31-14-21(16-6-3-2-4-7-16)32-20-8-5-9-22-18(20)13-23(33-22)24(27)28/h2-13,21H,14H2,1H3,(H3,27,28)(H,29,30). The number of amides is 1. The third kappa shape index (κ3) is 5.30. The number of carbonyl (C=O) groups excluding carboxylic acids is 1. The van der Waals surface area contributed by atoms with Crippen molar-refractivity contribution in [2.45, 2.75) is 13.0 Å². The number of benzene rings is 3. The van der Waals surface area contributed by atoms with Gasteiger partial charge in [-0.15, -0.1) is 11.3 Å². The maximum atomic E-state index is 13.3. The van der Waals surface area contributed by atoms with E-state index in [0.717, 1.165) is 15.6 Å². The van der Waals surface area contributed by atoms with Crippen molar-refractivity contribution in [2.75, 3.05) is 11.9 Å². The van der Waals surface area contributed by atoms with Crippen LogP contribution < -0.4 is 15.8 Å². The van der Waals surface area contributed by atoms with Gasteiger partial charge in [-0.3, -0.25) is 10.7 Å². The summed E-state index contributed by atoms with van der Waals surface area (Å²) in [6.45, 7) is 1.65. The number of ether oxygens (including phenoxy) is 2. The van der Waals surface area contributed by atoms with Crippen LogP contribution in [0.2, 0.25) is 0 Å². The molecule has 0 saturated heterocycles. The number of thiophene rings is 1. The first-order valence-electron chi connectivity index (χ1n) is 10.2. The number of hydrogen-bond donors (Lipinski definition) is 3. The van der Waals surface area contributed by atoms with E-state index in [1.807, 2.05) is 54.6 Å². The second kappa shape index (κ2) is 9.70. The molecule has 4 N–H and O–H groups in total. The zero-order chi connectivity index (χ0) is 23.4. The first kappa shape index (κ1) is 22.3. The molecule has 6 nitrogen and oxygen atoms in total. The minimum Gasteiger partial charge on any atom is -0.481 e. The molecule has 0 aliphatic carbocycles. The summed E-state index contributed by atoms with van der Waals surface area (Å²) in [6.07, 6.45) is -1.24. The molecule has 0 spiro atoms. The van der Waals surface area contributed by atoms with Crippen molar-refractivity contribution in [1.29, 1.82) is 5.41 Å². The van der Waals surface area contributed by atoms with Gasteiger partial charge in [-0.25, -0.2) is 9.18 Å². The second-order valence-corrected chi connectivity index (χ2v) is 8.48. The maximum Gasteiger partial charge on any atom is 0.411 e. The highest BCUT2D eigenvalue weighted by molar-refractivity contribution is 7.20. The van der Waals surface area contributed by atoms with Crippen molar-refractivity contribution in [3.8, 4) is 5.75 Å². The van der Waals surface area contributed by atoms with E-state index < -0.39 is 12.2 Å². The molecule has 1 unspecified atom stereocenters. The average molecular weight is 464 g/mol. The molecule has 0 radical (unpaired) electrons. The Labute approximate surface area is 194 Å². The van der Waals surface area contributed by atoms with Crippen LogP contribution in [-0.4, -0.2) is 18.5 Å². The van der Waals surface area contributed by atoms with Crippen molar-refractivity contribution in [3.05, 3.63) is 94.6 Å². The van der Waals surface area contributed by atoms with Gasteiger partial charge in [0.25, 0.3) is 0 Å². The number of nitrogens with two attached hydrogens (primary N) is 1. The van der Waals surface area contributed by atoms with Gasteiger partial charge in [-0.05, 0) is 54.4 Å². The van der Waals surface area contributed by atoms with Crippen LogP contribution in [0, 0.1) is 18.2 Å². The lowest BCUT2D eigenvalue weighted by Gasteiger charge is -2.20. The molecule has 0 fully saturated rings. The van der Waals surface area contributed by atoms with Gasteiger partial charge in [-0.1, -0.05) is 36.4 Å². The van der Waals surface area contributed by atoms with Crippen LogP contribution in [-0.2, 0) is 4.74 Å². The van der Waals surface area contributed by atoms with Crippen LogP contribution >= 0.6 is 11.3 Å². The Hall–Kier alpha value is -3.91. The molecule has 168 valence electrons. The lowest BCUT2D eigenvalue weighted by molar-refractivity contribution is 0.0910. The largest absolute Gasteiger partial charge is 0.481 e. The van der Waals surface area contributed by atoms with Crippen molar-refractivity contribution in [3.63, 3.8) is 0 Å². The fourth-order valence-corrected chi connectivity index (χ4v) is 4.29. The summed E-state index contributed by atoms with van der Waals surface area (Å²) in [7, 11) is 0. The van der Waals surface area contributed by atoms with Gasteiger partial charge in [0.15, 0.2) is 6.10 Å². The highest BCUT2D eigenvalue weighted by Crippen LogP contribution is 2.35. The van der Waals surface area contributed by atoms with E-state index in [0.29, 0.717) is 21.9 Å². The first-order chi connectivity index (χ1) is 15.9. The lowest BCUT2D eigenvalue weighted by Crippen LogP contribution is -2.21. The number of halogens is 1. The molecular formula is C25H22FN3O3S. The normalized spacial score (nSPS) is 11.7. The van der Waals surface area contributed by atoms with E-state index in [-0.39, 0.29) is 18.3 Å². The zero-order valence-corrected chi connectivity index (χ0v) is 18.6. The zero-order valence-electron chi connectivity index (χ0n) is 17.8. The molecule has 0 aliphatic rings. The second-order valence-electron chi connectivity index (χ2n) is 7.39. The first-order valence-corrected chi connectivity index (χ1v) is 11.0. The van der Waals surface area contributed by atoms with Gasteiger partial charge < -0.3 is 15.2 Å². The van der Waals surface area contributed by atoms with E-state index in [1.54, 1.807) is 6.92 Å². The molecular weight excluding hydrogens is 441 g/mol. The van der Waals surface area contributed by atoms with Crippen molar-refractivity contribution >= 4 is 39.0 Å². The number of hydrogen-bond acceptors (Lipinski definition) is 5. The lowest BCUT2D eigenvalue weighted by atomic mass is 10.1. The minimum atomic E-state index is -0.665. The molecule has 3 aromatic carbocycles. The number of nitrogen functional groups attached to an aromatic ring is 1. The van der Waals surface area contributed by atoms with E-state index in [4.69, 9.17) is 20.6 Å². The van der Waals surface area contributed by atoms with Gasteiger partial charge in [0.2, 0.25) is 0 Å². The molecule has 0 bridgehead atoms. The van der Waals surface area contributed by atoms with Crippen LogP contribution in [0.1, 0.15) is 22.1 Å². The van der Waals surface area contributed by atoms with Gasteiger partial charge in [-0.2, -0.15) is 0 Å². The molecule has 1 amide bonds. The number of nitrogens with one attached hydrogen (secondary N) is 2. The topological polar surface area (TPSA) is 97.4 Å². The van der Waals surface area contributed by atoms with Gasteiger partial charge in [0.1, 0.15) is 24.0 Å². The summed E-state index contributed by atoms with van der Waals surface area (Å²) >= 11 is 1.41. The predicted octanol–water partition coefficient (Wildman–Crippen LogP) is 6.00. The number of fused-ring (bicyclic) bond motifs is 1. The van der Waals surface area contributed by atoms with E-state index >= 15 is 0 Å². The van der Waals surface area contributed by atoms with Crippen LogP contribution in [0.15, 0.2) is 72.8 Å². The summed E-state index contributed by atoms with van der Waals surface area (Å²) in [4.78, 5) is 13.1. The molecule has 4 aromatic rings. The highest BCUT2D eigenvalue weighted by Gasteiger charge is 2.19. The average Bonchev–Trinajstić information content (AvgIpc) is 3.25. The molecule has 8 heteroatoms. The quantitative estimate of drug-likeness (QED) is 0.231. The van der Waals surface area contributed by atoms with Crippen LogP contribution in [0.25, 0.3) is 10.1 Å². The number of carbonyl (C=O) groups is 1. The molecule has 0 aliphatic heterocycles. The molecule has 33 heavy (non-hydrogen) atoms. The van der Waals surface area contributed by atoms with Gasteiger partial charge in [0.05, 0.1) is 4.88 Å². The number of amidine groups is 1. The third-order valence-corrected chi connectivity index (χ3v) is 6.15. The van der Waals surface area contributed by atoms with Crippen molar-refractivity contribution < 1.29 is 18.7 Å². The number of anilines is 1. The van der Waals surface area contributed by atoms with Crippen LogP contribution in [0.4, 0.5) is 14.9 Å². The Bertz CT molecular complexity index is 1310. The fraction of sp³-hybridized carbons (Fsp3) is 0.120. The summed E-state index contributed by atoms with van der Waals surface area (Å²) in [5, 5.41) is 11.2. The summed E-state index contributed by atoms with van der Waals surface area (Å²) in [5.41, 5.74) is 7.55. The Balaban J connectivity index is 1.53. The summed E-state index contributed by atoms with van der Waals surface area (Å²) in [6, 6.07) is 21.0. The molecule has 1 heterocycles. The molecule has 0 saturated carbocycles. The SMILES string of the molecule is Cc1cc(F)ccc1NC(=O)OCC(Oc1cccc2sc(C(=N)N)cc12)c1ccccc1. The Kier molecular flexibility index (Phi) is 6.55. The van der Waals surface area contributed by atoms with Gasteiger partial charge >= 0.3 is 6.09 Å². The number of rotatable bonds is 7. The summed E-state index contributed by atoms with van der Waals surface area (Å²) in [5.74, 6) is 0.223. The molecule has 1 atom stereocenters. The number of aryl methyl sites for hydroxylation is 1. The van der Waals surface area contributed by atoms with E-state index in [1.165, 1.54) is 29.5 Å². The smallest absolute Gasteiger partial charge is 0.411 e. The highest BCUT2D eigenvalue weighted by atomic mass is 32.1. The van der Waals surface area contributed by atoms with Crippen LogP contribution in [0.5, 0.6) is 5.75 Å². The third-order valence-electron chi connectivity index (χ3n) is 5.02. The fourth-order valence-electron chi connectivity index (χ4n) is 3.35. The minimum absolute atomic E-state index is 0.00199. The Morgan fingerprint density at radius 2 is 1.91 bits per heavy atom. The van der Waals surface area contributed by atoms with Crippen molar-refractivity contribution in [2.24, 2.45) is 5.73 Å². The van der Waals surface area contributed by atoms with Gasteiger partial charge in [0, 0.05) is 15.8 Å². The molecule has 4 rings (SSSR count). The maximum absolute atomic E-state index is 13.3. The van der Waals surface area contributed by atoms with E-state index in [9.17, 15) is 9.18 Å². The van der Waals surface area contributed by atoms with Crippen LogP contribution in [0.3, 0.4) is 0 Å². The van der Waals surface area contributed by atoms with Crippen molar-refractivity contribution in [1.82, 2.24) is 0 Å².